The van der Waals surface area contributed by atoms with Crippen LogP contribution in [0.15, 0.2) is 164 Å². The van der Waals surface area contributed by atoms with Crippen LogP contribution in [0.1, 0.15) is 19.6 Å². The van der Waals surface area contributed by atoms with Crippen LogP contribution in [0.2, 0.25) is 0 Å². The van der Waals surface area contributed by atoms with E-state index in [2.05, 4.69) is 81.9 Å². The second kappa shape index (κ2) is 11.1. The average Bonchev–Trinajstić information content (AvgIpc) is 4.08. The van der Waals surface area contributed by atoms with Crippen molar-refractivity contribution in [1.29, 1.82) is 0 Å². The molecule has 0 amide bonds. The summed E-state index contributed by atoms with van der Waals surface area (Å²) in [4.78, 5) is 0. The van der Waals surface area contributed by atoms with Crippen LogP contribution in [-0.4, -0.2) is 35.4 Å². The summed E-state index contributed by atoms with van der Waals surface area (Å²) in [6, 6.07) is 55.4. The number of benzene rings is 8. The molecule has 0 radical (unpaired) electrons. The Labute approximate surface area is 347 Å². The third-order valence-corrected chi connectivity index (χ3v) is 12.9. The summed E-state index contributed by atoms with van der Waals surface area (Å²) in [5.41, 5.74) is 12.9. The van der Waals surface area contributed by atoms with Gasteiger partial charge in [-0.1, -0.05) is 103 Å². The lowest BCUT2D eigenvalue weighted by Crippen LogP contribution is -2.59. The normalized spacial score (nSPS) is 14.8. The van der Waals surface area contributed by atoms with Gasteiger partial charge in [-0.15, -0.1) is 0 Å². The van der Waals surface area contributed by atoms with Crippen molar-refractivity contribution < 1.29 is 8.22 Å². The Hall–Kier alpha value is -7.64. The molecule has 14 rings (SSSR count). The largest absolute Gasteiger partial charge is 0.309 e. The summed E-state index contributed by atoms with van der Waals surface area (Å²) in [5, 5.41) is 14.9. The fourth-order valence-corrected chi connectivity index (χ4v) is 10.6. The highest BCUT2D eigenvalue weighted by Crippen LogP contribution is 2.43. The highest BCUT2D eigenvalue weighted by atomic mass is 15.3. The van der Waals surface area contributed by atoms with Crippen LogP contribution in [0.5, 0.6) is 0 Å². The Bertz CT molecular complexity index is 3790. The van der Waals surface area contributed by atoms with Gasteiger partial charge in [-0.2, -0.15) is 10.2 Å². The molecule has 4 aromatic heterocycles. The molecular weight excluding hydrogens is 719 g/mol. The zero-order chi connectivity index (χ0) is 43.7. The number of hydrogen-bond acceptors (Lipinski definition) is 2. The van der Waals surface area contributed by atoms with Crippen molar-refractivity contribution in [1.82, 2.24) is 28.7 Å². The molecule has 7 heteroatoms. The fraction of sp³-hybridized carbons (Fsp3) is 0.0385. The number of aryl methyl sites for hydroxylation is 2. The van der Waals surface area contributed by atoms with Gasteiger partial charge in [0.05, 0.1) is 55.9 Å². The first-order chi connectivity index (χ1) is 31.6. The first-order valence-electron chi connectivity index (χ1n) is 22.9. The highest BCUT2D eigenvalue weighted by Gasteiger charge is 2.43. The molecule has 0 spiro atoms. The smallest absolute Gasteiger partial charge is 0.252 e. The number of hydrogen-bond donors (Lipinski definition) is 0. The molecule has 2 aliphatic heterocycles. The van der Waals surface area contributed by atoms with Crippen molar-refractivity contribution in [2.45, 2.75) is 13.7 Å². The van der Waals surface area contributed by atoms with E-state index in [1.165, 1.54) is 0 Å². The molecule has 6 nitrogen and oxygen atoms in total. The van der Waals surface area contributed by atoms with Crippen LogP contribution in [0.3, 0.4) is 0 Å². The zero-order valence-electron chi connectivity index (χ0n) is 37.3. The van der Waals surface area contributed by atoms with Crippen LogP contribution >= 0.6 is 0 Å². The minimum absolute atomic E-state index is 0.0278. The Balaban J connectivity index is 1.24. The van der Waals surface area contributed by atoms with Crippen LogP contribution in [0.4, 0.5) is 0 Å². The van der Waals surface area contributed by atoms with E-state index < -0.39 is 20.4 Å². The van der Waals surface area contributed by atoms with Crippen LogP contribution in [0.25, 0.3) is 99.3 Å². The van der Waals surface area contributed by atoms with E-state index in [-0.39, 0.29) is 11.4 Å². The Morgan fingerprint density at radius 2 is 0.881 bits per heavy atom. The SMILES string of the molecule is [2H]C([2H])([2H])c1nn2c3c(cc4c(c5ccccc5n4-c4ccccc4)c13)B1c3c-2cc(-c2ccccc2)cc3-n2nc(C([2H])([2H])[2H])c3c4c5ccccc5n(-c5ccccc5)c4cc1c32. The molecule has 0 N–H and O–H groups in total. The third-order valence-electron chi connectivity index (χ3n) is 12.9. The van der Waals surface area contributed by atoms with Gasteiger partial charge in [0.1, 0.15) is 0 Å². The van der Waals surface area contributed by atoms with Crippen LogP contribution < -0.4 is 16.4 Å². The van der Waals surface area contributed by atoms with Gasteiger partial charge in [-0.25, -0.2) is 9.36 Å². The van der Waals surface area contributed by atoms with E-state index in [1.807, 2.05) is 100 Å². The van der Waals surface area contributed by atoms with Gasteiger partial charge in [0, 0.05) is 51.9 Å². The van der Waals surface area contributed by atoms with Crippen molar-refractivity contribution in [3.63, 3.8) is 0 Å². The molecule has 12 aromatic rings. The van der Waals surface area contributed by atoms with Crippen LogP contribution in [0, 0.1) is 13.7 Å². The number of aromatic nitrogens is 6. The predicted octanol–water partition coefficient (Wildman–Crippen LogP) is 9.99. The number of nitrogens with zero attached hydrogens (tertiary/aromatic N) is 6. The number of para-hydroxylation sites is 4. The summed E-state index contributed by atoms with van der Waals surface area (Å²) < 4.78 is 62.6. The third kappa shape index (κ3) is 3.87. The van der Waals surface area contributed by atoms with Gasteiger partial charge in [-0.3, -0.25) is 0 Å². The molecule has 59 heavy (non-hydrogen) atoms. The molecule has 0 fully saturated rings. The quantitative estimate of drug-likeness (QED) is 0.169. The molecule has 0 saturated carbocycles. The molecule has 0 atom stereocenters. The van der Waals surface area contributed by atoms with Crippen molar-refractivity contribution >= 4 is 88.5 Å². The van der Waals surface area contributed by atoms with E-state index in [0.717, 1.165) is 93.9 Å². The van der Waals surface area contributed by atoms with Crippen molar-refractivity contribution in [2.24, 2.45) is 0 Å². The standard InChI is InChI=1S/C52H33BN6/c1-30-46-48-36-22-12-14-24-40(36)56(34-18-8-4-9-19-34)42(48)28-38-51(46)58(54-30)44-26-33(32-16-6-3-7-17-32)27-45-50(44)53(38)39-29-43-49(47-31(2)55-59(45)52(39)47)37-23-13-15-25-41(37)57(43)35-20-10-5-11-21-35/h3-29H,1-2H3/i1D3,2D3. The van der Waals surface area contributed by atoms with Gasteiger partial charge < -0.3 is 9.13 Å². The van der Waals surface area contributed by atoms with Crippen molar-refractivity contribution in [3.05, 3.63) is 175 Å². The molecular formula is C52H33BN6. The number of rotatable bonds is 3. The molecule has 274 valence electrons. The summed E-state index contributed by atoms with van der Waals surface area (Å²) in [6.45, 7) is -5.64. The van der Waals surface area contributed by atoms with Gasteiger partial charge >= 0.3 is 0 Å². The fourth-order valence-electron chi connectivity index (χ4n) is 10.6. The van der Waals surface area contributed by atoms with E-state index in [0.29, 0.717) is 21.8 Å². The van der Waals surface area contributed by atoms with Gasteiger partial charge in [0.2, 0.25) is 0 Å². The average molecular weight is 759 g/mol. The molecule has 2 aliphatic rings. The lowest BCUT2D eigenvalue weighted by molar-refractivity contribution is 0.872. The summed E-state index contributed by atoms with van der Waals surface area (Å²) in [7, 11) is 0. The molecule has 0 aliphatic carbocycles. The van der Waals surface area contributed by atoms with E-state index in [1.54, 1.807) is 0 Å². The molecule has 8 aromatic carbocycles. The van der Waals surface area contributed by atoms with E-state index >= 15 is 0 Å². The topological polar surface area (TPSA) is 45.5 Å². The first-order valence-corrected chi connectivity index (χ1v) is 19.9. The first kappa shape index (κ1) is 26.3. The number of fused-ring (bicyclic) bond motifs is 12. The van der Waals surface area contributed by atoms with Gasteiger partial charge in [-0.05, 0) is 102 Å². The van der Waals surface area contributed by atoms with E-state index in [4.69, 9.17) is 18.4 Å². The zero-order valence-corrected chi connectivity index (χ0v) is 31.3. The molecule has 0 saturated heterocycles. The van der Waals surface area contributed by atoms with Crippen molar-refractivity contribution in [2.75, 3.05) is 0 Å². The lowest BCUT2D eigenvalue weighted by atomic mass is 9.34. The summed E-state index contributed by atoms with van der Waals surface area (Å²) >= 11 is 0. The molecule has 0 bridgehead atoms. The maximum atomic E-state index is 9.08. The Morgan fingerprint density at radius 1 is 0.441 bits per heavy atom. The highest BCUT2D eigenvalue weighted by molar-refractivity contribution is 7.00. The van der Waals surface area contributed by atoms with Crippen LogP contribution in [-0.2, 0) is 0 Å². The van der Waals surface area contributed by atoms with Crippen molar-refractivity contribution in [3.8, 4) is 33.9 Å². The van der Waals surface area contributed by atoms with Gasteiger partial charge in [0.25, 0.3) is 6.71 Å². The second-order valence-electron chi connectivity index (χ2n) is 15.8. The minimum atomic E-state index is -2.57. The Kier molecular flexibility index (Phi) is 4.93. The maximum Gasteiger partial charge on any atom is 0.252 e. The summed E-state index contributed by atoms with van der Waals surface area (Å²) in [6.07, 6.45) is 0. The molecule has 0 unspecified atom stereocenters. The molecule has 6 heterocycles. The maximum absolute atomic E-state index is 9.08. The minimum Gasteiger partial charge on any atom is -0.309 e. The Morgan fingerprint density at radius 3 is 1.36 bits per heavy atom. The second-order valence-corrected chi connectivity index (χ2v) is 15.8. The monoisotopic (exact) mass is 758 g/mol. The summed E-state index contributed by atoms with van der Waals surface area (Å²) in [5.74, 6) is 0. The van der Waals surface area contributed by atoms with Gasteiger partial charge in [0.15, 0.2) is 0 Å². The predicted molar refractivity (Wildman–Crippen MR) is 244 cm³/mol. The lowest BCUT2D eigenvalue weighted by Gasteiger charge is -2.32. The van der Waals surface area contributed by atoms with E-state index in [9.17, 15) is 0 Å².